The van der Waals surface area contributed by atoms with Crippen LogP contribution < -0.4 is 24.8 Å². The Hall–Kier alpha value is -3.21. The summed E-state index contributed by atoms with van der Waals surface area (Å²) in [6.45, 7) is 1.03. The molecule has 0 fully saturated rings. The summed E-state index contributed by atoms with van der Waals surface area (Å²) in [6.07, 6.45) is 1.45. The van der Waals surface area contributed by atoms with E-state index in [0.29, 0.717) is 41.2 Å². The number of rotatable bonds is 11. The maximum absolute atomic E-state index is 12.1. The molecular formula is C21H25N5O4S. The minimum Gasteiger partial charge on any atom is -0.495 e. The molecule has 31 heavy (non-hydrogen) atoms. The number of ether oxygens (including phenoxy) is 3. The number of methoxy groups -OCH3 is 2. The Morgan fingerprint density at radius 2 is 1.68 bits per heavy atom. The van der Waals surface area contributed by atoms with Crippen LogP contribution in [0.2, 0.25) is 0 Å². The molecule has 0 saturated heterocycles. The van der Waals surface area contributed by atoms with Gasteiger partial charge in [-0.25, -0.2) is 18.9 Å². The summed E-state index contributed by atoms with van der Waals surface area (Å²) in [4.78, 5) is 9.14. The summed E-state index contributed by atoms with van der Waals surface area (Å²) in [7, 11) is 3.53. The molecule has 0 radical (unpaired) electrons. The number of nitrogens with zero attached hydrogens (tertiary/aromatic N) is 2. The van der Waals surface area contributed by atoms with Crippen molar-refractivity contribution in [1.82, 2.24) is 14.7 Å². The van der Waals surface area contributed by atoms with E-state index in [1.807, 2.05) is 24.3 Å². The summed E-state index contributed by atoms with van der Waals surface area (Å²) in [5.41, 5.74) is 1.50. The van der Waals surface area contributed by atoms with E-state index in [9.17, 15) is 4.21 Å². The van der Waals surface area contributed by atoms with Crippen molar-refractivity contribution in [1.29, 1.82) is 0 Å². The van der Waals surface area contributed by atoms with Crippen LogP contribution in [0.3, 0.4) is 0 Å². The lowest BCUT2D eigenvalue weighted by molar-refractivity contribution is 0.146. The smallest absolute Gasteiger partial charge is 0.142 e. The Balaban J connectivity index is 1.71. The first-order valence-corrected chi connectivity index (χ1v) is 10.6. The quantitative estimate of drug-likeness (QED) is 0.388. The molecular weight excluding hydrogens is 418 g/mol. The summed E-state index contributed by atoms with van der Waals surface area (Å²) in [6, 6.07) is 14.6. The molecule has 164 valence electrons. The number of anilines is 4. The van der Waals surface area contributed by atoms with E-state index < -0.39 is 11.0 Å². The lowest BCUT2D eigenvalue weighted by Crippen LogP contribution is -2.11. The molecule has 3 N–H and O–H groups in total. The predicted octanol–water partition coefficient (Wildman–Crippen LogP) is 3.24. The molecule has 2 aromatic carbocycles. The van der Waals surface area contributed by atoms with Crippen molar-refractivity contribution in [3.05, 3.63) is 54.9 Å². The van der Waals surface area contributed by atoms with Crippen LogP contribution in [0.25, 0.3) is 0 Å². The Labute approximate surface area is 183 Å². The molecule has 1 atom stereocenters. The van der Waals surface area contributed by atoms with Gasteiger partial charge >= 0.3 is 0 Å². The first-order valence-electron chi connectivity index (χ1n) is 9.48. The van der Waals surface area contributed by atoms with Crippen LogP contribution in [0.15, 0.2) is 59.8 Å². The number of hydrogen-bond acceptors (Lipinski definition) is 8. The maximum Gasteiger partial charge on any atom is 0.142 e. The van der Waals surface area contributed by atoms with Crippen molar-refractivity contribution < 1.29 is 18.4 Å². The normalized spacial score (nSPS) is 11.6. The zero-order chi connectivity index (χ0) is 22.1. The molecule has 1 unspecified atom stereocenters. The van der Waals surface area contributed by atoms with E-state index in [-0.39, 0.29) is 0 Å². The van der Waals surface area contributed by atoms with Gasteiger partial charge in [0, 0.05) is 18.9 Å². The topological polar surface area (TPSA) is 107 Å². The summed E-state index contributed by atoms with van der Waals surface area (Å²) in [5.74, 6) is 2.54. The monoisotopic (exact) mass is 443 g/mol. The van der Waals surface area contributed by atoms with E-state index in [1.165, 1.54) is 6.33 Å². The summed E-state index contributed by atoms with van der Waals surface area (Å²) < 4.78 is 30.7. The van der Waals surface area contributed by atoms with Gasteiger partial charge in [0.2, 0.25) is 0 Å². The van der Waals surface area contributed by atoms with Crippen molar-refractivity contribution in [2.75, 3.05) is 45.1 Å². The average molecular weight is 444 g/mol. The lowest BCUT2D eigenvalue weighted by Gasteiger charge is -2.13. The molecule has 0 aliphatic rings. The standard InChI is InChI=1S/C21H25N5O4S/c1-22-31(27)17-8-9-19(29-3)18(12-17)26-21-13-20(23-14-24-21)25-15-4-6-16(7-5-15)30-11-10-28-2/h4-9,12-14,22H,10-11H2,1-3H3,(H2,23,24,25,26). The number of hydrogen-bond donors (Lipinski definition) is 3. The molecule has 10 heteroatoms. The van der Waals surface area contributed by atoms with Gasteiger partial charge in [0.25, 0.3) is 0 Å². The molecule has 1 aromatic heterocycles. The van der Waals surface area contributed by atoms with Crippen LogP contribution >= 0.6 is 0 Å². The second-order valence-corrected chi connectivity index (χ2v) is 7.66. The third kappa shape index (κ3) is 6.38. The highest BCUT2D eigenvalue weighted by molar-refractivity contribution is 7.83. The molecule has 0 saturated carbocycles. The third-order valence-corrected chi connectivity index (χ3v) is 5.24. The van der Waals surface area contributed by atoms with Gasteiger partial charge in [-0.15, -0.1) is 0 Å². The van der Waals surface area contributed by atoms with Crippen molar-refractivity contribution in [3.8, 4) is 11.5 Å². The first-order chi connectivity index (χ1) is 15.1. The van der Waals surface area contributed by atoms with Crippen LogP contribution in [0, 0.1) is 0 Å². The molecule has 1 heterocycles. The minimum absolute atomic E-state index is 0.497. The van der Waals surface area contributed by atoms with Gasteiger partial charge in [-0.05, 0) is 49.5 Å². The largest absolute Gasteiger partial charge is 0.495 e. The first kappa shape index (κ1) is 22.5. The number of benzene rings is 2. The fourth-order valence-corrected chi connectivity index (χ4v) is 3.33. The highest BCUT2D eigenvalue weighted by Gasteiger charge is 2.10. The van der Waals surface area contributed by atoms with E-state index in [0.717, 1.165) is 11.4 Å². The van der Waals surface area contributed by atoms with Crippen molar-refractivity contribution in [2.24, 2.45) is 0 Å². The van der Waals surface area contributed by atoms with Crippen molar-refractivity contribution in [2.45, 2.75) is 4.90 Å². The van der Waals surface area contributed by atoms with Crippen LogP contribution in [0.4, 0.5) is 23.0 Å². The zero-order valence-electron chi connectivity index (χ0n) is 17.5. The Morgan fingerprint density at radius 3 is 2.35 bits per heavy atom. The van der Waals surface area contributed by atoms with Crippen molar-refractivity contribution >= 4 is 34.0 Å². The lowest BCUT2D eigenvalue weighted by atomic mass is 10.3. The molecule has 0 bridgehead atoms. The fourth-order valence-electron chi connectivity index (χ4n) is 2.68. The van der Waals surface area contributed by atoms with Crippen LogP contribution in [0.5, 0.6) is 11.5 Å². The molecule has 0 amide bonds. The SMILES string of the molecule is CNS(=O)c1ccc(OC)c(Nc2cc(Nc3ccc(OCCOC)cc3)ncn2)c1. The summed E-state index contributed by atoms with van der Waals surface area (Å²) in [5, 5.41) is 6.43. The zero-order valence-corrected chi connectivity index (χ0v) is 18.4. The average Bonchev–Trinajstić information content (AvgIpc) is 2.80. The maximum atomic E-state index is 12.1. The number of aromatic nitrogens is 2. The van der Waals surface area contributed by atoms with Crippen LogP contribution in [0.1, 0.15) is 0 Å². The molecule has 0 aliphatic heterocycles. The predicted molar refractivity (Wildman–Crippen MR) is 121 cm³/mol. The molecule has 9 nitrogen and oxygen atoms in total. The van der Waals surface area contributed by atoms with Gasteiger partial charge < -0.3 is 24.8 Å². The van der Waals surface area contributed by atoms with Crippen LogP contribution in [-0.2, 0) is 15.7 Å². The fraction of sp³-hybridized carbons (Fsp3) is 0.238. The minimum atomic E-state index is -1.31. The third-order valence-electron chi connectivity index (χ3n) is 4.18. The van der Waals surface area contributed by atoms with Crippen molar-refractivity contribution in [3.63, 3.8) is 0 Å². The van der Waals surface area contributed by atoms with E-state index in [2.05, 4.69) is 25.3 Å². The van der Waals surface area contributed by atoms with Gasteiger partial charge in [0.1, 0.15) is 47.1 Å². The van der Waals surface area contributed by atoms with Crippen LogP contribution in [-0.4, -0.2) is 48.7 Å². The highest BCUT2D eigenvalue weighted by atomic mass is 32.2. The van der Waals surface area contributed by atoms with E-state index in [4.69, 9.17) is 14.2 Å². The Bertz CT molecular complexity index is 1020. The van der Waals surface area contributed by atoms with Gasteiger partial charge in [-0.3, -0.25) is 0 Å². The molecule has 0 aliphatic carbocycles. The summed E-state index contributed by atoms with van der Waals surface area (Å²) >= 11 is 0. The Kier molecular flexibility index (Phi) is 8.16. The van der Waals surface area contributed by atoms with E-state index in [1.54, 1.807) is 45.5 Å². The second-order valence-electron chi connectivity index (χ2n) is 6.24. The second kappa shape index (κ2) is 11.3. The molecule has 0 spiro atoms. The number of nitrogens with one attached hydrogen (secondary N) is 3. The Morgan fingerprint density at radius 1 is 0.935 bits per heavy atom. The molecule has 3 rings (SSSR count). The highest BCUT2D eigenvalue weighted by Crippen LogP contribution is 2.30. The van der Waals surface area contributed by atoms with Gasteiger partial charge in [-0.1, -0.05) is 0 Å². The van der Waals surface area contributed by atoms with E-state index >= 15 is 0 Å². The van der Waals surface area contributed by atoms with Gasteiger partial charge in [-0.2, -0.15) is 0 Å². The molecule has 3 aromatic rings. The van der Waals surface area contributed by atoms with Gasteiger partial charge in [0.05, 0.1) is 24.3 Å². The van der Waals surface area contributed by atoms with Gasteiger partial charge in [0.15, 0.2) is 0 Å².